The molecule has 0 atom stereocenters. The van der Waals surface area contributed by atoms with Crippen LogP contribution in [0.3, 0.4) is 0 Å². The fourth-order valence-electron chi connectivity index (χ4n) is 2.96. The van der Waals surface area contributed by atoms with Crippen LogP contribution in [0.5, 0.6) is 0 Å². The van der Waals surface area contributed by atoms with Gasteiger partial charge in [0, 0.05) is 31.9 Å². The number of anilines is 1. The lowest BCUT2D eigenvalue weighted by atomic mass is 10.2. The van der Waals surface area contributed by atoms with E-state index >= 15 is 0 Å². The van der Waals surface area contributed by atoms with Crippen molar-refractivity contribution in [3.8, 4) is 0 Å². The monoisotopic (exact) mass is 461 g/mol. The van der Waals surface area contributed by atoms with Gasteiger partial charge in [0.1, 0.15) is 0 Å². The van der Waals surface area contributed by atoms with Crippen LogP contribution < -0.4 is 5.32 Å². The van der Waals surface area contributed by atoms with Gasteiger partial charge < -0.3 is 10.1 Å². The molecule has 2 rings (SSSR count). The van der Waals surface area contributed by atoms with Crippen molar-refractivity contribution >= 4 is 27.6 Å². The van der Waals surface area contributed by atoms with Crippen LogP contribution in [0, 0.1) is 0 Å². The molecule has 0 aliphatic heterocycles. The Morgan fingerprint density at radius 1 is 1.03 bits per heavy atom. The highest BCUT2D eigenvalue weighted by Gasteiger charge is 2.23. The van der Waals surface area contributed by atoms with Gasteiger partial charge in [-0.05, 0) is 43.7 Å². The minimum atomic E-state index is -3.59. The van der Waals surface area contributed by atoms with E-state index in [2.05, 4.69) is 5.32 Å². The molecule has 0 aliphatic carbocycles. The number of nitrogens with one attached hydrogen (secondary N) is 1. The fraction of sp³-hybridized carbons (Fsp3) is 0.391. The van der Waals surface area contributed by atoms with Gasteiger partial charge in [0.25, 0.3) is 0 Å². The van der Waals surface area contributed by atoms with Gasteiger partial charge in [-0.2, -0.15) is 4.31 Å². The summed E-state index contributed by atoms with van der Waals surface area (Å²) in [4.78, 5) is 26.2. The van der Waals surface area contributed by atoms with Crippen LogP contribution in [-0.2, 0) is 30.9 Å². The summed E-state index contributed by atoms with van der Waals surface area (Å²) in [7, 11) is -0.721. The summed E-state index contributed by atoms with van der Waals surface area (Å²) in [6, 6.07) is 15.6. The number of esters is 1. The van der Waals surface area contributed by atoms with Crippen molar-refractivity contribution in [1.29, 1.82) is 0 Å². The van der Waals surface area contributed by atoms with Crippen molar-refractivity contribution in [2.75, 3.05) is 32.6 Å². The molecule has 0 saturated carbocycles. The van der Waals surface area contributed by atoms with Crippen LogP contribution in [-0.4, -0.2) is 62.8 Å². The maximum atomic E-state index is 12.6. The van der Waals surface area contributed by atoms with Crippen LogP contribution in [0.2, 0.25) is 0 Å². The smallest absolute Gasteiger partial charge is 0.306 e. The van der Waals surface area contributed by atoms with E-state index < -0.39 is 10.0 Å². The molecule has 1 N–H and O–H groups in total. The number of nitrogens with zero attached hydrogens (tertiary/aromatic N) is 2. The molecule has 174 valence electrons. The highest BCUT2D eigenvalue weighted by molar-refractivity contribution is 7.89. The molecule has 0 heterocycles. The Balaban J connectivity index is 2.04. The zero-order valence-electron chi connectivity index (χ0n) is 18.9. The van der Waals surface area contributed by atoms with E-state index in [4.69, 9.17) is 4.74 Å². The summed E-state index contributed by atoms with van der Waals surface area (Å²) in [6.07, 6.45) is 0.173. The summed E-state index contributed by atoms with van der Waals surface area (Å²) < 4.78 is 31.1. The van der Waals surface area contributed by atoms with Gasteiger partial charge in [0.15, 0.2) is 0 Å². The molecule has 0 radical (unpaired) electrons. The maximum absolute atomic E-state index is 12.6. The van der Waals surface area contributed by atoms with Crippen molar-refractivity contribution in [2.24, 2.45) is 0 Å². The third-order valence-corrected chi connectivity index (χ3v) is 7.07. The lowest BCUT2D eigenvalue weighted by Gasteiger charge is -2.22. The Morgan fingerprint density at radius 3 is 2.22 bits per heavy atom. The lowest BCUT2D eigenvalue weighted by molar-refractivity contribution is -0.141. The Morgan fingerprint density at radius 2 is 1.66 bits per heavy atom. The quantitative estimate of drug-likeness (QED) is 0.517. The molecule has 0 aromatic heterocycles. The van der Waals surface area contributed by atoms with Crippen molar-refractivity contribution < 1.29 is 22.7 Å². The van der Waals surface area contributed by atoms with Gasteiger partial charge in [-0.25, -0.2) is 8.42 Å². The summed E-state index contributed by atoms with van der Waals surface area (Å²) in [5, 5.41) is 2.79. The van der Waals surface area contributed by atoms with Crippen molar-refractivity contribution in [3.63, 3.8) is 0 Å². The zero-order chi connectivity index (χ0) is 23.7. The number of sulfonamides is 1. The average Bonchev–Trinajstić information content (AvgIpc) is 2.77. The van der Waals surface area contributed by atoms with E-state index in [0.717, 1.165) is 5.56 Å². The first-order valence-corrected chi connectivity index (χ1v) is 11.8. The van der Waals surface area contributed by atoms with E-state index in [-0.39, 0.29) is 35.8 Å². The van der Waals surface area contributed by atoms with Crippen LogP contribution in [0.15, 0.2) is 59.5 Å². The standard InChI is InChI=1S/C23H31N3O5S/c1-18(2)25(3)32(29,30)21-12-10-20(11-13-21)24-22(27)17-26(15-14-23(28)31-4)16-19-8-6-5-7-9-19/h5-13,18H,14-17H2,1-4H3,(H,24,27). The Kier molecular flexibility index (Phi) is 9.37. The minimum Gasteiger partial charge on any atom is -0.469 e. The highest BCUT2D eigenvalue weighted by atomic mass is 32.2. The Bertz CT molecular complexity index is 992. The predicted octanol–water partition coefficient (Wildman–Crippen LogP) is 2.72. The van der Waals surface area contributed by atoms with Crippen LogP contribution in [0.25, 0.3) is 0 Å². The van der Waals surface area contributed by atoms with Gasteiger partial charge in [-0.1, -0.05) is 30.3 Å². The van der Waals surface area contributed by atoms with E-state index in [1.54, 1.807) is 26.0 Å². The van der Waals surface area contributed by atoms with Crippen molar-refractivity contribution in [2.45, 2.75) is 37.8 Å². The second kappa shape index (κ2) is 11.8. The normalized spacial score (nSPS) is 11.7. The second-order valence-corrected chi connectivity index (χ2v) is 9.71. The van der Waals surface area contributed by atoms with Crippen molar-refractivity contribution in [1.82, 2.24) is 9.21 Å². The number of carbonyl (C=O) groups excluding carboxylic acids is 2. The van der Waals surface area contributed by atoms with Gasteiger partial charge in [-0.3, -0.25) is 14.5 Å². The summed E-state index contributed by atoms with van der Waals surface area (Å²) in [5.41, 5.74) is 1.52. The SMILES string of the molecule is COC(=O)CCN(CC(=O)Nc1ccc(S(=O)(=O)N(C)C(C)C)cc1)Cc1ccccc1. The van der Waals surface area contributed by atoms with E-state index in [9.17, 15) is 18.0 Å². The first-order chi connectivity index (χ1) is 15.1. The van der Waals surface area contributed by atoms with Crippen LogP contribution >= 0.6 is 0 Å². The topological polar surface area (TPSA) is 96.0 Å². The summed E-state index contributed by atoms with van der Waals surface area (Å²) in [6.45, 7) is 4.54. The number of carbonyl (C=O) groups is 2. The Hall–Kier alpha value is -2.75. The zero-order valence-corrected chi connectivity index (χ0v) is 19.8. The fourth-order valence-corrected chi connectivity index (χ4v) is 4.33. The van der Waals surface area contributed by atoms with Gasteiger partial charge in [-0.15, -0.1) is 0 Å². The molecule has 1 amide bonds. The lowest BCUT2D eigenvalue weighted by Crippen LogP contribution is -2.34. The molecule has 0 unspecified atom stereocenters. The maximum Gasteiger partial charge on any atom is 0.306 e. The largest absolute Gasteiger partial charge is 0.469 e. The predicted molar refractivity (Wildman–Crippen MR) is 124 cm³/mol. The van der Waals surface area contributed by atoms with Crippen LogP contribution in [0.4, 0.5) is 5.69 Å². The van der Waals surface area contributed by atoms with Crippen LogP contribution in [0.1, 0.15) is 25.8 Å². The van der Waals surface area contributed by atoms with Crippen molar-refractivity contribution in [3.05, 3.63) is 60.2 Å². The molecule has 0 saturated heterocycles. The van der Waals surface area contributed by atoms with E-state index in [1.165, 1.54) is 30.6 Å². The number of hydrogen-bond acceptors (Lipinski definition) is 6. The molecular formula is C23H31N3O5S. The molecule has 8 nitrogen and oxygen atoms in total. The molecule has 2 aromatic carbocycles. The minimum absolute atomic E-state index is 0.0715. The molecule has 0 aliphatic rings. The third-order valence-electron chi connectivity index (χ3n) is 5.02. The second-order valence-electron chi connectivity index (χ2n) is 7.71. The number of rotatable bonds is 11. The molecule has 0 fully saturated rings. The number of ether oxygens (including phenoxy) is 1. The number of benzene rings is 2. The van der Waals surface area contributed by atoms with Gasteiger partial charge in [0.05, 0.1) is 25.0 Å². The molecule has 0 spiro atoms. The first kappa shape index (κ1) is 25.5. The first-order valence-electron chi connectivity index (χ1n) is 10.3. The number of methoxy groups -OCH3 is 1. The van der Waals surface area contributed by atoms with E-state index in [0.29, 0.717) is 18.8 Å². The number of hydrogen-bond donors (Lipinski definition) is 1. The summed E-state index contributed by atoms with van der Waals surface area (Å²) in [5.74, 6) is -0.604. The molecule has 0 bridgehead atoms. The summed E-state index contributed by atoms with van der Waals surface area (Å²) >= 11 is 0. The van der Waals surface area contributed by atoms with E-state index in [1.807, 2.05) is 35.2 Å². The molecule has 9 heteroatoms. The molecule has 2 aromatic rings. The van der Waals surface area contributed by atoms with Gasteiger partial charge >= 0.3 is 5.97 Å². The average molecular weight is 462 g/mol. The molecular weight excluding hydrogens is 430 g/mol. The van der Waals surface area contributed by atoms with Gasteiger partial charge in [0.2, 0.25) is 15.9 Å². The third kappa shape index (κ3) is 7.44. The number of amides is 1. The molecule has 32 heavy (non-hydrogen) atoms. The highest BCUT2D eigenvalue weighted by Crippen LogP contribution is 2.19. The Labute approximate surface area is 190 Å².